The predicted molar refractivity (Wildman–Crippen MR) is 61.6 cm³/mol. The maximum absolute atomic E-state index is 14.0. The van der Waals surface area contributed by atoms with Crippen LogP contribution in [0.25, 0.3) is 0 Å². The van der Waals surface area contributed by atoms with Gasteiger partial charge in [0.15, 0.2) is 5.79 Å². The minimum atomic E-state index is -0.972. The van der Waals surface area contributed by atoms with E-state index in [0.717, 1.165) is 12.0 Å². The fourth-order valence-electron chi connectivity index (χ4n) is 2.08. The van der Waals surface area contributed by atoms with Crippen LogP contribution < -0.4 is 4.74 Å². The van der Waals surface area contributed by atoms with Gasteiger partial charge in [0.1, 0.15) is 11.6 Å². The second kappa shape index (κ2) is 4.63. The Bertz CT molecular complexity index is 411. The van der Waals surface area contributed by atoms with E-state index >= 15 is 0 Å². The fourth-order valence-corrected chi connectivity index (χ4v) is 2.08. The number of rotatable bonds is 3. The van der Waals surface area contributed by atoms with Crippen LogP contribution in [0, 0.1) is 5.82 Å². The Morgan fingerprint density at radius 3 is 2.53 bits per heavy atom. The van der Waals surface area contributed by atoms with E-state index in [-0.39, 0.29) is 5.82 Å². The van der Waals surface area contributed by atoms with Gasteiger partial charge in [0.25, 0.3) is 0 Å². The van der Waals surface area contributed by atoms with Crippen molar-refractivity contribution in [3.63, 3.8) is 0 Å². The van der Waals surface area contributed by atoms with Gasteiger partial charge in [0.2, 0.25) is 0 Å². The summed E-state index contributed by atoms with van der Waals surface area (Å²) in [6.45, 7) is 4.72. The highest BCUT2D eigenvalue weighted by Crippen LogP contribution is 2.35. The number of halogens is 1. The fraction of sp³-hybridized carbons (Fsp3) is 0.538. The summed E-state index contributed by atoms with van der Waals surface area (Å²) in [6, 6.07) is 3.16. The highest BCUT2D eigenvalue weighted by molar-refractivity contribution is 5.40. The van der Waals surface area contributed by atoms with Crippen LogP contribution in [0.1, 0.15) is 25.0 Å². The maximum Gasteiger partial charge on any atom is 0.194 e. The summed E-state index contributed by atoms with van der Waals surface area (Å²) in [4.78, 5) is 0. The average Bonchev–Trinajstić information content (AvgIpc) is 2.76. The van der Waals surface area contributed by atoms with Crippen molar-refractivity contribution in [2.75, 3.05) is 20.3 Å². The van der Waals surface area contributed by atoms with Crippen molar-refractivity contribution in [1.82, 2.24) is 0 Å². The van der Waals surface area contributed by atoms with E-state index < -0.39 is 5.79 Å². The molecular formula is C13H17FO3. The van der Waals surface area contributed by atoms with Crippen molar-refractivity contribution >= 4 is 0 Å². The van der Waals surface area contributed by atoms with Gasteiger partial charge in [-0.15, -0.1) is 0 Å². The van der Waals surface area contributed by atoms with Crippen LogP contribution in [0.2, 0.25) is 0 Å². The van der Waals surface area contributed by atoms with Crippen molar-refractivity contribution < 1.29 is 18.6 Å². The van der Waals surface area contributed by atoms with Crippen molar-refractivity contribution in [2.24, 2.45) is 0 Å². The normalized spacial score (nSPS) is 18.4. The van der Waals surface area contributed by atoms with E-state index in [0.29, 0.717) is 24.5 Å². The second-order valence-corrected chi connectivity index (χ2v) is 4.14. The zero-order chi connectivity index (χ0) is 12.5. The Kier molecular flexibility index (Phi) is 3.35. The molecule has 1 aromatic rings. The molecule has 0 N–H and O–H groups in total. The lowest BCUT2D eigenvalue weighted by Gasteiger charge is -2.24. The molecule has 1 heterocycles. The van der Waals surface area contributed by atoms with E-state index in [1.54, 1.807) is 13.0 Å². The van der Waals surface area contributed by atoms with Crippen molar-refractivity contribution in [3.8, 4) is 5.75 Å². The van der Waals surface area contributed by atoms with Gasteiger partial charge in [-0.3, -0.25) is 0 Å². The highest BCUT2D eigenvalue weighted by Gasteiger charge is 2.36. The number of hydrogen-bond donors (Lipinski definition) is 0. The lowest BCUT2D eigenvalue weighted by molar-refractivity contribution is -0.151. The first-order valence-electron chi connectivity index (χ1n) is 5.75. The zero-order valence-electron chi connectivity index (χ0n) is 10.4. The number of ether oxygens (including phenoxy) is 3. The van der Waals surface area contributed by atoms with E-state index in [1.807, 2.05) is 6.92 Å². The van der Waals surface area contributed by atoms with Gasteiger partial charge in [-0.1, -0.05) is 6.92 Å². The van der Waals surface area contributed by atoms with Crippen LogP contribution in [0.3, 0.4) is 0 Å². The lowest BCUT2D eigenvalue weighted by atomic mass is 10.0. The summed E-state index contributed by atoms with van der Waals surface area (Å²) in [5.74, 6) is -0.765. The Labute approximate surface area is 100 Å². The molecule has 0 unspecified atom stereocenters. The molecule has 1 aliphatic heterocycles. The molecule has 0 atom stereocenters. The predicted octanol–water partition coefficient (Wildman–Crippen LogP) is 2.62. The van der Waals surface area contributed by atoms with E-state index in [1.165, 1.54) is 13.2 Å². The largest absolute Gasteiger partial charge is 0.496 e. The molecule has 4 heteroatoms. The summed E-state index contributed by atoms with van der Waals surface area (Å²) in [5, 5.41) is 0. The molecule has 1 fully saturated rings. The molecule has 0 aliphatic carbocycles. The Morgan fingerprint density at radius 1 is 1.35 bits per heavy atom. The van der Waals surface area contributed by atoms with Gasteiger partial charge in [-0.05, 0) is 25.0 Å². The molecule has 17 heavy (non-hydrogen) atoms. The van der Waals surface area contributed by atoms with E-state index in [4.69, 9.17) is 14.2 Å². The lowest BCUT2D eigenvalue weighted by Crippen LogP contribution is -2.24. The summed E-state index contributed by atoms with van der Waals surface area (Å²) in [7, 11) is 1.54. The monoisotopic (exact) mass is 240 g/mol. The number of aryl methyl sites for hydroxylation is 1. The summed E-state index contributed by atoms with van der Waals surface area (Å²) in [6.07, 6.45) is 0.770. The van der Waals surface area contributed by atoms with Crippen LogP contribution in [-0.4, -0.2) is 20.3 Å². The molecule has 1 aromatic carbocycles. The van der Waals surface area contributed by atoms with Gasteiger partial charge in [-0.2, -0.15) is 0 Å². The van der Waals surface area contributed by atoms with Crippen molar-refractivity contribution in [1.29, 1.82) is 0 Å². The average molecular weight is 240 g/mol. The third-order valence-corrected chi connectivity index (χ3v) is 3.08. The Hall–Kier alpha value is -1.13. The van der Waals surface area contributed by atoms with Crippen LogP contribution in [-0.2, 0) is 21.7 Å². The minimum absolute atomic E-state index is 0.358. The van der Waals surface area contributed by atoms with Gasteiger partial charge in [0, 0.05) is 11.6 Å². The molecule has 1 saturated heterocycles. The minimum Gasteiger partial charge on any atom is -0.496 e. The topological polar surface area (TPSA) is 27.7 Å². The highest BCUT2D eigenvalue weighted by atomic mass is 19.1. The third-order valence-electron chi connectivity index (χ3n) is 3.08. The van der Waals surface area contributed by atoms with Gasteiger partial charge < -0.3 is 14.2 Å². The van der Waals surface area contributed by atoms with Gasteiger partial charge in [0.05, 0.1) is 20.3 Å². The van der Waals surface area contributed by atoms with Gasteiger partial charge >= 0.3 is 0 Å². The first-order valence-corrected chi connectivity index (χ1v) is 5.75. The first-order chi connectivity index (χ1) is 8.10. The molecule has 94 valence electrons. The van der Waals surface area contributed by atoms with Crippen LogP contribution in [0.15, 0.2) is 12.1 Å². The molecule has 3 nitrogen and oxygen atoms in total. The van der Waals surface area contributed by atoms with E-state index in [9.17, 15) is 4.39 Å². The number of methoxy groups -OCH3 is 1. The Morgan fingerprint density at radius 2 is 2.00 bits per heavy atom. The molecule has 0 aromatic heterocycles. The maximum atomic E-state index is 14.0. The van der Waals surface area contributed by atoms with Crippen molar-refractivity contribution in [3.05, 3.63) is 29.1 Å². The van der Waals surface area contributed by atoms with Crippen LogP contribution in [0.4, 0.5) is 4.39 Å². The molecule has 1 aliphatic rings. The molecule has 2 rings (SSSR count). The zero-order valence-corrected chi connectivity index (χ0v) is 10.4. The Balaban J connectivity index is 2.47. The quantitative estimate of drug-likeness (QED) is 0.812. The first kappa shape index (κ1) is 12.3. The SMILES string of the molecule is CCc1cc(C2(C)OCCO2)c(F)cc1OC. The molecule has 0 amide bonds. The molecular weight excluding hydrogens is 223 g/mol. The molecule has 0 saturated carbocycles. The smallest absolute Gasteiger partial charge is 0.194 e. The summed E-state index contributed by atoms with van der Waals surface area (Å²) in [5.41, 5.74) is 1.39. The molecule has 0 bridgehead atoms. The second-order valence-electron chi connectivity index (χ2n) is 4.14. The summed E-state index contributed by atoms with van der Waals surface area (Å²) < 4.78 is 30.1. The molecule has 0 spiro atoms. The van der Waals surface area contributed by atoms with Crippen LogP contribution in [0.5, 0.6) is 5.75 Å². The number of benzene rings is 1. The standard InChI is InChI=1S/C13H17FO3/c1-4-9-7-10(11(14)8-12(9)15-3)13(2)16-5-6-17-13/h7-8H,4-6H2,1-3H3. The van der Waals surface area contributed by atoms with Crippen LogP contribution >= 0.6 is 0 Å². The summed E-state index contributed by atoms with van der Waals surface area (Å²) >= 11 is 0. The van der Waals surface area contributed by atoms with Crippen molar-refractivity contribution in [2.45, 2.75) is 26.1 Å². The molecule has 0 radical (unpaired) electrons. The van der Waals surface area contributed by atoms with E-state index in [2.05, 4.69) is 0 Å². The van der Waals surface area contributed by atoms with Gasteiger partial charge in [-0.25, -0.2) is 4.39 Å². The third kappa shape index (κ3) is 2.15. The number of hydrogen-bond acceptors (Lipinski definition) is 3.